The van der Waals surface area contributed by atoms with Crippen LogP contribution in [0.4, 0.5) is 5.82 Å². The summed E-state index contributed by atoms with van der Waals surface area (Å²) < 4.78 is 4.82. The van der Waals surface area contributed by atoms with E-state index in [1.165, 1.54) is 6.92 Å². The number of carbonyl (C=O) groups excluding carboxylic acids is 2. The van der Waals surface area contributed by atoms with E-state index in [2.05, 4.69) is 10.3 Å². The van der Waals surface area contributed by atoms with E-state index in [1.54, 1.807) is 19.1 Å². The van der Waals surface area contributed by atoms with Gasteiger partial charge in [-0.15, -0.1) is 0 Å². The number of amides is 1. The molecule has 0 unspecified atom stereocenters. The zero-order valence-electron chi connectivity index (χ0n) is 11.4. The average molecular weight is 262 g/mol. The molecule has 102 valence electrons. The molecule has 0 saturated heterocycles. The molecule has 5 nitrogen and oxygen atoms in total. The smallest absolute Gasteiger partial charge is 0.309 e. The van der Waals surface area contributed by atoms with Gasteiger partial charge in [-0.05, 0) is 31.5 Å². The zero-order valence-corrected chi connectivity index (χ0v) is 11.4. The molecule has 1 rings (SSSR count). The fourth-order valence-electron chi connectivity index (χ4n) is 1.50. The van der Waals surface area contributed by atoms with Crippen molar-refractivity contribution in [2.45, 2.75) is 27.2 Å². The van der Waals surface area contributed by atoms with Gasteiger partial charge in [0.25, 0.3) is 0 Å². The predicted molar refractivity (Wildman–Crippen MR) is 73.6 cm³/mol. The standard InChI is InChI=1S/C14H18N2O3/c1-4-19-14(18)7-5-6-12-8-9-13(15-10(12)2)16-11(3)17/h5-6,8-9H,4,7H2,1-3H3,(H,15,16,17). The molecule has 1 N–H and O–H groups in total. The number of anilines is 1. The second kappa shape index (κ2) is 7.31. The van der Waals surface area contributed by atoms with Gasteiger partial charge < -0.3 is 10.1 Å². The summed E-state index contributed by atoms with van der Waals surface area (Å²) in [5.74, 6) is 0.115. The quantitative estimate of drug-likeness (QED) is 0.827. The van der Waals surface area contributed by atoms with Crippen molar-refractivity contribution in [2.75, 3.05) is 11.9 Å². The summed E-state index contributed by atoms with van der Waals surface area (Å²) in [5.41, 5.74) is 1.68. The Morgan fingerprint density at radius 3 is 2.74 bits per heavy atom. The van der Waals surface area contributed by atoms with Gasteiger partial charge in [-0.25, -0.2) is 4.98 Å². The Balaban J connectivity index is 2.66. The number of aryl methyl sites for hydroxylation is 1. The molecule has 0 saturated carbocycles. The van der Waals surface area contributed by atoms with Crippen LogP contribution in [0, 0.1) is 6.92 Å². The van der Waals surface area contributed by atoms with Crippen molar-refractivity contribution in [1.29, 1.82) is 0 Å². The van der Waals surface area contributed by atoms with Crippen LogP contribution in [0.3, 0.4) is 0 Å². The first kappa shape index (κ1) is 14.9. The summed E-state index contributed by atoms with van der Waals surface area (Å²) in [5, 5.41) is 2.62. The van der Waals surface area contributed by atoms with Crippen LogP contribution in [-0.4, -0.2) is 23.5 Å². The number of rotatable bonds is 5. The second-order valence-corrected chi connectivity index (χ2v) is 3.96. The monoisotopic (exact) mass is 262 g/mol. The third-order valence-electron chi connectivity index (χ3n) is 2.32. The van der Waals surface area contributed by atoms with Crippen molar-refractivity contribution < 1.29 is 14.3 Å². The molecular formula is C14H18N2O3. The lowest BCUT2D eigenvalue weighted by molar-refractivity contribution is -0.142. The maximum Gasteiger partial charge on any atom is 0.309 e. The number of hydrogen-bond donors (Lipinski definition) is 1. The van der Waals surface area contributed by atoms with Crippen LogP contribution >= 0.6 is 0 Å². The number of nitrogens with one attached hydrogen (secondary N) is 1. The van der Waals surface area contributed by atoms with Crippen LogP contribution in [0.1, 0.15) is 31.5 Å². The Bertz CT molecular complexity index is 495. The first-order chi connectivity index (χ1) is 9.02. The molecule has 19 heavy (non-hydrogen) atoms. The third kappa shape index (κ3) is 5.33. The van der Waals surface area contributed by atoms with Crippen molar-refractivity contribution in [2.24, 2.45) is 0 Å². The number of pyridine rings is 1. The largest absolute Gasteiger partial charge is 0.466 e. The van der Waals surface area contributed by atoms with E-state index < -0.39 is 0 Å². The van der Waals surface area contributed by atoms with E-state index >= 15 is 0 Å². The molecule has 1 heterocycles. The fraction of sp³-hybridized carbons (Fsp3) is 0.357. The lowest BCUT2D eigenvalue weighted by Gasteiger charge is -2.04. The molecule has 0 spiro atoms. The van der Waals surface area contributed by atoms with Gasteiger partial charge in [-0.1, -0.05) is 12.2 Å². The first-order valence-electron chi connectivity index (χ1n) is 6.10. The van der Waals surface area contributed by atoms with E-state index in [4.69, 9.17) is 4.74 Å². The molecule has 5 heteroatoms. The molecule has 0 bridgehead atoms. The molecule has 0 aromatic carbocycles. The van der Waals surface area contributed by atoms with Crippen molar-refractivity contribution in [3.05, 3.63) is 29.5 Å². The number of ether oxygens (including phenoxy) is 1. The minimum Gasteiger partial charge on any atom is -0.466 e. The normalized spacial score (nSPS) is 10.5. The minimum atomic E-state index is -0.251. The molecule has 1 aromatic rings. The van der Waals surface area contributed by atoms with Crippen molar-refractivity contribution in [1.82, 2.24) is 4.98 Å². The topological polar surface area (TPSA) is 68.3 Å². The van der Waals surface area contributed by atoms with Gasteiger partial charge in [0.05, 0.1) is 13.0 Å². The summed E-state index contributed by atoms with van der Waals surface area (Å²) in [6.07, 6.45) is 3.79. The predicted octanol–water partition coefficient (Wildman–Crippen LogP) is 2.31. The molecule has 0 aliphatic heterocycles. The molecule has 1 aromatic heterocycles. The Labute approximate surface area is 112 Å². The van der Waals surface area contributed by atoms with E-state index in [1.807, 2.05) is 19.1 Å². The SMILES string of the molecule is CCOC(=O)CC=Cc1ccc(NC(C)=O)nc1C. The average Bonchev–Trinajstić information content (AvgIpc) is 2.31. The highest BCUT2D eigenvalue weighted by Crippen LogP contribution is 2.12. The van der Waals surface area contributed by atoms with Gasteiger partial charge in [0, 0.05) is 12.6 Å². The highest BCUT2D eigenvalue weighted by molar-refractivity contribution is 5.87. The third-order valence-corrected chi connectivity index (χ3v) is 2.32. The van der Waals surface area contributed by atoms with Crippen LogP contribution in [0.2, 0.25) is 0 Å². The Morgan fingerprint density at radius 2 is 2.16 bits per heavy atom. The lowest BCUT2D eigenvalue weighted by Crippen LogP contribution is -2.08. The summed E-state index contributed by atoms with van der Waals surface area (Å²) in [7, 11) is 0. The lowest BCUT2D eigenvalue weighted by atomic mass is 10.2. The van der Waals surface area contributed by atoms with Gasteiger partial charge in [0.15, 0.2) is 0 Å². The Morgan fingerprint density at radius 1 is 1.42 bits per heavy atom. The second-order valence-electron chi connectivity index (χ2n) is 3.96. The molecule has 0 radical (unpaired) electrons. The number of esters is 1. The van der Waals surface area contributed by atoms with Crippen LogP contribution in [0.25, 0.3) is 6.08 Å². The molecular weight excluding hydrogens is 244 g/mol. The van der Waals surface area contributed by atoms with Crippen LogP contribution in [0.5, 0.6) is 0 Å². The highest BCUT2D eigenvalue weighted by atomic mass is 16.5. The van der Waals surface area contributed by atoms with Crippen molar-refractivity contribution in [3.63, 3.8) is 0 Å². The first-order valence-corrected chi connectivity index (χ1v) is 6.10. The van der Waals surface area contributed by atoms with Crippen molar-refractivity contribution >= 4 is 23.8 Å². The summed E-state index contributed by atoms with van der Waals surface area (Å²) >= 11 is 0. The van der Waals surface area contributed by atoms with E-state index in [0.29, 0.717) is 12.4 Å². The van der Waals surface area contributed by atoms with E-state index in [0.717, 1.165) is 11.3 Å². The number of aromatic nitrogens is 1. The van der Waals surface area contributed by atoms with Crippen molar-refractivity contribution in [3.8, 4) is 0 Å². The summed E-state index contributed by atoms with van der Waals surface area (Å²) in [6.45, 7) is 5.44. The minimum absolute atomic E-state index is 0.155. The van der Waals surface area contributed by atoms with Crippen LogP contribution < -0.4 is 5.32 Å². The number of hydrogen-bond acceptors (Lipinski definition) is 4. The maximum atomic E-state index is 11.2. The van der Waals surface area contributed by atoms with Crippen LogP contribution in [0.15, 0.2) is 18.2 Å². The molecule has 0 atom stereocenters. The Kier molecular flexibility index (Phi) is 5.73. The number of nitrogens with zero attached hydrogens (tertiary/aromatic N) is 1. The maximum absolute atomic E-state index is 11.2. The summed E-state index contributed by atoms with van der Waals surface area (Å²) in [4.78, 5) is 26.3. The fourth-order valence-corrected chi connectivity index (χ4v) is 1.50. The summed E-state index contributed by atoms with van der Waals surface area (Å²) in [6, 6.07) is 3.56. The number of carbonyl (C=O) groups is 2. The molecule has 0 fully saturated rings. The van der Waals surface area contributed by atoms with Gasteiger partial charge in [-0.3, -0.25) is 9.59 Å². The van der Waals surface area contributed by atoms with Gasteiger partial charge >= 0.3 is 5.97 Å². The van der Waals surface area contributed by atoms with Gasteiger partial charge in [0.1, 0.15) is 5.82 Å². The van der Waals surface area contributed by atoms with E-state index in [9.17, 15) is 9.59 Å². The highest BCUT2D eigenvalue weighted by Gasteiger charge is 2.01. The van der Waals surface area contributed by atoms with Crippen LogP contribution in [-0.2, 0) is 14.3 Å². The molecule has 1 amide bonds. The molecule has 0 aliphatic rings. The van der Waals surface area contributed by atoms with E-state index in [-0.39, 0.29) is 18.3 Å². The Hall–Kier alpha value is -2.17. The molecule has 0 aliphatic carbocycles. The van der Waals surface area contributed by atoms with Gasteiger partial charge in [0.2, 0.25) is 5.91 Å². The zero-order chi connectivity index (χ0) is 14.3. The van der Waals surface area contributed by atoms with Gasteiger partial charge in [-0.2, -0.15) is 0 Å².